The van der Waals surface area contributed by atoms with Crippen molar-refractivity contribution in [1.82, 2.24) is 19.9 Å². The number of hydrogen-bond acceptors (Lipinski definition) is 5. The molecule has 2 aromatic heterocycles. The average molecular weight is 286 g/mol. The molecule has 0 bridgehead atoms. The topological polar surface area (TPSA) is 92.9 Å². The lowest BCUT2D eigenvalue weighted by atomic mass is 10.2. The van der Waals surface area contributed by atoms with E-state index in [4.69, 9.17) is 9.47 Å². The van der Waals surface area contributed by atoms with E-state index >= 15 is 0 Å². The molecule has 0 radical (unpaired) electrons. The summed E-state index contributed by atoms with van der Waals surface area (Å²) in [6, 6.07) is 5.47. The number of benzene rings is 1. The molecular formula is C14H14N4O3. The summed E-state index contributed by atoms with van der Waals surface area (Å²) in [5, 5.41) is 0. The van der Waals surface area contributed by atoms with Gasteiger partial charge in [0.05, 0.1) is 25.5 Å². The maximum absolute atomic E-state index is 11.2. The molecule has 0 aliphatic heterocycles. The lowest BCUT2D eigenvalue weighted by molar-refractivity contribution is 0.340. The number of nitrogens with one attached hydrogen (secondary N) is 2. The molecule has 7 heteroatoms. The van der Waals surface area contributed by atoms with Gasteiger partial charge in [-0.15, -0.1) is 0 Å². The van der Waals surface area contributed by atoms with Crippen LogP contribution in [0.5, 0.6) is 11.5 Å². The molecular weight excluding hydrogens is 272 g/mol. The fraction of sp³-hybridized carbons (Fsp3) is 0.214. The van der Waals surface area contributed by atoms with E-state index in [-0.39, 0.29) is 0 Å². The van der Waals surface area contributed by atoms with Crippen LogP contribution in [0.3, 0.4) is 0 Å². The van der Waals surface area contributed by atoms with Crippen molar-refractivity contribution in [2.24, 2.45) is 0 Å². The molecule has 21 heavy (non-hydrogen) atoms. The second-order valence-corrected chi connectivity index (χ2v) is 4.33. The van der Waals surface area contributed by atoms with Gasteiger partial charge in [0.25, 0.3) is 0 Å². The Morgan fingerprint density at radius 1 is 1.29 bits per heavy atom. The second-order valence-electron chi connectivity index (χ2n) is 4.33. The molecule has 1 aromatic carbocycles. The summed E-state index contributed by atoms with van der Waals surface area (Å²) in [7, 11) is 1.60. The van der Waals surface area contributed by atoms with Crippen LogP contribution in [0.1, 0.15) is 6.92 Å². The Labute approximate surface area is 120 Å². The molecule has 0 amide bonds. The lowest BCUT2D eigenvalue weighted by Crippen LogP contribution is -2.08. The molecule has 0 aliphatic rings. The SMILES string of the molecule is CCOc1ccc(OC)cc1-c1nc2[nH]c(=O)ncc2[nH]1. The van der Waals surface area contributed by atoms with Crippen LogP contribution in [-0.2, 0) is 0 Å². The highest BCUT2D eigenvalue weighted by Gasteiger charge is 2.13. The van der Waals surface area contributed by atoms with Gasteiger partial charge in [-0.05, 0) is 25.1 Å². The van der Waals surface area contributed by atoms with Crippen molar-refractivity contribution >= 4 is 11.2 Å². The Kier molecular flexibility index (Phi) is 3.31. The van der Waals surface area contributed by atoms with Gasteiger partial charge in [-0.25, -0.2) is 9.78 Å². The van der Waals surface area contributed by atoms with E-state index in [0.717, 1.165) is 5.56 Å². The van der Waals surface area contributed by atoms with Gasteiger partial charge in [-0.1, -0.05) is 0 Å². The summed E-state index contributed by atoms with van der Waals surface area (Å²) in [4.78, 5) is 25.0. The minimum atomic E-state index is -0.434. The largest absolute Gasteiger partial charge is 0.497 e. The Balaban J connectivity index is 2.17. The van der Waals surface area contributed by atoms with E-state index in [1.54, 1.807) is 7.11 Å². The van der Waals surface area contributed by atoms with E-state index < -0.39 is 5.69 Å². The number of ether oxygens (including phenoxy) is 2. The van der Waals surface area contributed by atoms with Crippen LogP contribution in [0.2, 0.25) is 0 Å². The molecule has 0 spiro atoms. The lowest BCUT2D eigenvalue weighted by Gasteiger charge is -2.09. The van der Waals surface area contributed by atoms with Crippen molar-refractivity contribution < 1.29 is 9.47 Å². The first-order valence-corrected chi connectivity index (χ1v) is 6.47. The number of H-pyrrole nitrogens is 2. The number of fused-ring (bicyclic) bond motifs is 1. The van der Waals surface area contributed by atoms with Gasteiger partial charge in [0.1, 0.15) is 22.8 Å². The quantitative estimate of drug-likeness (QED) is 0.761. The molecule has 0 unspecified atom stereocenters. The maximum Gasteiger partial charge on any atom is 0.346 e. The number of methoxy groups -OCH3 is 1. The fourth-order valence-electron chi connectivity index (χ4n) is 2.06. The highest BCUT2D eigenvalue weighted by atomic mass is 16.5. The Bertz CT molecular complexity index is 838. The minimum Gasteiger partial charge on any atom is -0.497 e. The minimum absolute atomic E-state index is 0.434. The van der Waals surface area contributed by atoms with Gasteiger partial charge < -0.3 is 14.5 Å². The average Bonchev–Trinajstić information content (AvgIpc) is 2.90. The number of aromatic amines is 2. The molecule has 2 heterocycles. The third kappa shape index (κ3) is 2.45. The van der Waals surface area contributed by atoms with Crippen LogP contribution in [0.15, 0.2) is 29.2 Å². The zero-order valence-electron chi connectivity index (χ0n) is 11.6. The molecule has 3 aromatic rings. The van der Waals surface area contributed by atoms with Crippen LogP contribution in [0.25, 0.3) is 22.6 Å². The number of hydrogen-bond donors (Lipinski definition) is 2. The van der Waals surface area contributed by atoms with E-state index in [1.165, 1.54) is 6.20 Å². The van der Waals surface area contributed by atoms with Crippen LogP contribution < -0.4 is 15.2 Å². The third-order valence-electron chi connectivity index (χ3n) is 3.01. The van der Waals surface area contributed by atoms with Crippen LogP contribution in [0.4, 0.5) is 0 Å². The zero-order valence-corrected chi connectivity index (χ0v) is 11.6. The summed E-state index contributed by atoms with van der Waals surface area (Å²) < 4.78 is 10.8. The number of imidazole rings is 1. The number of rotatable bonds is 4. The van der Waals surface area contributed by atoms with Crippen molar-refractivity contribution in [3.63, 3.8) is 0 Å². The molecule has 7 nitrogen and oxygen atoms in total. The smallest absolute Gasteiger partial charge is 0.346 e. The van der Waals surface area contributed by atoms with Crippen LogP contribution >= 0.6 is 0 Å². The van der Waals surface area contributed by atoms with Gasteiger partial charge in [0.15, 0.2) is 5.65 Å². The number of aromatic nitrogens is 4. The standard InChI is InChI=1S/C14H14N4O3/c1-3-21-11-5-4-8(20-2)6-9(11)12-16-10-7-15-14(19)18-13(10)17-12/h4-7H,3H2,1-2H3,(H2,15,16,17,18,19). The van der Waals surface area contributed by atoms with Crippen molar-refractivity contribution in [1.29, 1.82) is 0 Å². The monoisotopic (exact) mass is 286 g/mol. The zero-order chi connectivity index (χ0) is 14.8. The van der Waals surface area contributed by atoms with Crippen LogP contribution in [0, 0.1) is 0 Å². The van der Waals surface area contributed by atoms with Gasteiger partial charge in [-0.3, -0.25) is 4.98 Å². The maximum atomic E-state index is 11.2. The molecule has 0 fully saturated rings. The van der Waals surface area contributed by atoms with E-state index in [1.807, 2.05) is 25.1 Å². The Morgan fingerprint density at radius 3 is 2.90 bits per heavy atom. The van der Waals surface area contributed by atoms with Gasteiger partial charge in [0.2, 0.25) is 0 Å². The molecule has 0 atom stereocenters. The highest BCUT2D eigenvalue weighted by Crippen LogP contribution is 2.32. The first-order chi connectivity index (χ1) is 10.2. The first kappa shape index (κ1) is 13.2. The second kappa shape index (κ2) is 5.28. The van der Waals surface area contributed by atoms with E-state index in [0.29, 0.717) is 35.1 Å². The Hall–Kier alpha value is -2.83. The summed E-state index contributed by atoms with van der Waals surface area (Å²) >= 11 is 0. The first-order valence-electron chi connectivity index (χ1n) is 6.47. The summed E-state index contributed by atoms with van der Waals surface area (Å²) in [6.07, 6.45) is 1.45. The number of nitrogens with zero attached hydrogens (tertiary/aromatic N) is 2. The van der Waals surface area contributed by atoms with Crippen molar-refractivity contribution in [2.45, 2.75) is 6.92 Å². The van der Waals surface area contributed by atoms with Crippen LogP contribution in [-0.4, -0.2) is 33.7 Å². The van der Waals surface area contributed by atoms with E-state index in [2.05, 4.69) is 19.9 Å². The predicted octanol–water partition coefficient (Wildman–Crippen LogP) is 1.72. The molecule has 0 saturated heterocycles. The van der Waals surface area contributed by atoms with E-state index in [9.17, 15) is 4.79 Å². The van der Waals surface area contributed by atoms with Gasteiger partial charge in [-0.2, -0.15) is 4.98 Å². The summed E-state index contributed by atoms with van der Waals surface area (Å²) in [5.41, 5.74) is 1.43. The fourth-order valence-corrected chi connectivity index (χ4v) is 2.06. The molecule has 108 valence electrons. The summed E-state index contributed by atoms with van der Waals surface area (Å²) in [5.74, 6) is 1.96. The molecule has 0 saturated carbocycles. The third-order valence-corrected chi connectivity index (χ3v) is 3.01. The normalized spacial score (nSPS) is 10.8. The van der Waals surface area contributed by atoms with Gasteiger partial charge >= 0.3 is 5.69 Å². The van der Waals surface area contributed by atoms with Gasteiger partial charge in [0, 0.05) is 0 Å². The molecule has 0 aliphatic carbocycles. The highest BCUT2D eigenvalue weighted by molar-refractivity contribution is 5.77. The molecule has 3 rings (SSSR count). The predicted molar refractivity (Wildman–Crippen MR) is 77.7 cm³/mol. The van der Waals surface area contributed by atoms with Crippen molar-refractivity contribution in [3.8, 4) is 22.9 Å². The molecule has 2 N–H and O–H groups in total. The summed E-state index contributed by atoms with van der Waals surface area (Å²) in [6.45, 7) is 2.45. The van der Waals surface area contributed by atoms with Crippen molar-refractivity contribution in [3.05, 3.63) is 34.9 Å². The Morgan fingerprint density at radius 2 is 2.14 bits per heavy atom. The van der Waals surface area contributed by atoms with Crippen molar-refractivity contribution in [2.75, 3.05) is 13.7 Å².